The van der Waals surface area contributed by atoms with Gasteiger partial charge >= 0.3 is 0 Å². The highest BCUT2D eigenvalue weighted by Gasteiger charge is 2.43. The first kappa shape index (κ1) is 33.2. The van der Waals surface area contributed by atoms with Crippen LogP contribution in [-0.2, 0) is 34.4 Å². The van der Waals surface area contributed by atoms with E-state index >= 15 is 0 Å². The van der Waals surface area contributed by atoms with Gasteiger partial charge in [-0.2, -0.15) is 13.7 Å². The summed E-state index contributed by atoms with van der Waals surface area (Å²) in [6, 6.07) is 20.6. The first-order chi connectivity index (χ1) is 22.1. The normalized spacial score (nSPS) is 19.6. The maximum Gasteiger partial charge on any atom is 0.259 e. The molecular formula is C31H35N5O8S2. The Morgan fingerprint density at radius 3 is 2.17 bits per heavy atom. The second kappa shape index (κ2) is 15.0. The highest BCUT2D eigenvalue weighted by molar-refractivity contribution is 7.89. The van der Waals surface area contributed by atoms with E-state index in [9.17, 15) is 26.4 Å². The zero-order valence-electron chi connectivity index (χ0n) is 24.9. The maximum atomic E-state index is 13.5. The number of ether oxygens (including phenoxy) is 2. The number of nitrogens with one attached hydrogen (secondary N) is 2. The third-order valence-corrected chi connectivity index (χ3v) is 11.3. The number of piperazine rings is 1. The van der Waals surface area contributed by atoms with E-state index in [1.54, 1.807) is 60.7 Å². The molecule has 2 fully saturated rings. The van der Waals surface area contributed by atoms with Crippen LogP contribution in [-0.4, -0.2) is 95.0 Å². The average Bonchev–Trinajstić information content (AvgIpc) is 3.61. The molecule has 3 aromatic carbocycles. The summed E-state index contributed by atoms with van der Waals surface area (Å²) in [6.07, 6.45) is 3.31. The van der Waals surface area contributed by atoms with Crippen molar-refractivity contribution in [3.05, 3.63) is 90.5 Å². The van der Waals surface area contributed by atoms with Crippen LogP contribution in [0.25, 0.3) is 0 Å². The van der Waals surface area contributed by atoms with E-state index in [4.69, 9.17) is 9.47 Å². The minimum atomic E-state index is -4.14. The number of carbonyl (C=O) groups excluding carboxylic acids is 2. The summed E-state index contributed by atoms with van der Waals surface area (Å²) in [4.78, 5) is 25.5. The first-order valence-electron chi connectivity index (χ1n) is 14.7. The van der Waals surface area contributed by atoms with Gasteiger partial charge in [-0.3, -0.25) is 9.59 Å². The van der Waals surface area contributed by atoms with Crippen molar-refractivity contribution in [3.8, 4) is 5.75 Å². The highest BCUT2D eigenvalue weighted by Crippen LogP contribution is 2.25. The Hall–Kier alpha value is -4.15. The molecule has 2 aliphatic heterocycles. The zero-order valence-corrected chi connectivity index (χ0v) is 26.5. The Kier molecular flexibility index (Phi) is 10.8. The molecule has 0 aliphatic carbocycles. The molecule has 0 spiro atoms. The Labute approximate surface area is 268 Å². The van der Waals surface area contributed by atoms with Gasteiger partial charge in [0, 0.05) is 32.8 Å². The van der Waals surface area contributed by atoms with E-state index in [1.807, 2.05) is 0 Å². The SMILES string of the molecule is O=C(COc1ccc(/C=N\NC(=O)[C@H]2CN(S(=O)(=O)c3ccccc3)CCN2S(=O)(=O)c2ccccc2)cc1)NC[C@@H]1CCCO1. The fourth-order valence-corrected chi connectivity index (χ4v) is 8.11. The molecular weight excluding hydrogens is 635 g/mol. The van der Waals surface area contributed by atoms with Crippen molar-refractivity contribution in [1.29, 1.82) is 0 Å². The molecule has 2 amide bonds. The number of rotatable bonds is 12. The van der Waals surface area contributed by atoms with Gasteiger partial charge in [0.25, 0.3) is 11.8 Å². The van der Waals surface area contributed by atoms with Crippen molar-refractivity contribution in [1.82, 2.24) is 19.4 Å². The highest BCUT2D eigenvalue weighted by atomic mass is 32.2. The van der Waals surface area contributed by atoms with Gasteiger partial charge in [-0.25, -0.2) is 22.3 Å². The number of sulfonamides is 2. The van der Waals surface area contributed by atoms with Crippen LogP contribution in [0.2, 0.25) is 0 Å². The van der Waals surface area contributed by atoms with Crippen LogP contribution in [0.1, 0.15) is 18.4 Å². The largest absolute Gasteiger partial charge is 0.484 e. The molecule has 0 saturated carbocycles. The third-order valence-electron chi connectivity index (χ3n) is 7.52. The number of nitrogens with zero attached hydrogens (tertiary/aromatic N) is 3. The summed E-state index contributed by atoms with van der Waals surface area (Å²) in [6.45, 7) is 0.222. The minimum absolute atomic E-state index is 0.0155. The summed E-state index contributed by atoms with van der Waals surface area (Å²) in [5.74, 6) is -0.597. The smallest absolute Gasteiger partial charge is 0.259 e. The lowest BCUT2D eigenvalue weighted by atomic mass is 10.2. The lowest BCUT2D eigenvalue weighted by molar-refractivity contribution is -0.126. The standard InChI is InChI=1S/C31H35N5O8S2/c37-30(32-21-26-8-7-19-43-26)23-44-25-15-13-24(14-16-25)20-33-34-31(38)29-22-35(45(39,40)27-9-3-1-4-10-27)17-18-36(29)46(41,42)28-11-5-2-6-12-28/h1-6,9-16,20,26,29H,7-8,17-19,21-23H2,(H,32,37)(H,34,38)/b33-20-/t26-,29+/m0/s1. The van der Waals surface area contributed by atoms with Crippen LogP contribution in [0, 0.1) is 0 Å². The minimum Gasteiger partial charge on any atom is -0.484 e. The molecule has 15 heteroatoms. The Bertz CT molecular complexity index is 1730. The second-order valence-electron chi connectivity index (χ2n) is 10.7. The Morgan fingerprint density at radius 1 is 0.891 bits per heavy atom. The van der Waals surface area contributed by atoms with Crippen LogP contribution in [0.3, 0.4) is 0 Å². The topological polar surface area (TPSA) is 164 Å². The van der Waals surface area contributed by atoms with E-state index < -0.39 is 38.5 Å². The molecule has 0 unspecified atom stereocenters. The van der Waals surface area contributed by atoms with Crippen molar-refractivity contribution in [2.45, 2.75) is 34.8 Å². The van der Waals surface area contributed by atoms with E-state index in [-0.39, 0.29) is 41.5 Å². The average molecular weight is 670 g/mol. The number of hydrogen-bond acceptors (Lipinski definition) is 9. The monoisotopic (exact) mass is 669 g/mol. The molecule has 46 heavy (non-hydrogen) atoms. The lowest BCUT2D eigenvalue weighted by Gasteiger charge is -2.38. The lowest BCUT2D eigenvalue weighted by Crippen LogP contribution is -2.60. The number of benzene rings is 3. The maximum absolute atomic E-state index is 13.5. The Balaban J connectivity index is 1.23. The molecule has 0 bridgehead atoms. The van der Waals surface area contributed by atoms with Gasteiger partial charge in [0.15, 0.2) is 6.61 Å². The molecule has 0 aromatic heterocycles. The fraction of sp³-hybridized carbons (Fsp3) is 0.323. The van der Waals surface area contributed by atoms with Crippen molar-refractivity contribution < 1.29 is 35.9 Å². The van der Waals surface area contributed by atoms with Crippen molar-refractivity contribution in [2.75, 3.05) is 39.4 Å². The number of amides is 2. The van der Waals surface area contributed by atoms with Gasteiger partial charge < -0.3 is 14.8 Å². The van der Waals surface area contributed by atoms with E-state index in [2.05, 4.69) is 15.8 Å². The molecule has 3 aromatic rings. The van der Waals surface area contributed by atoms with Crippen molar-refractivity contribution in [3.63, 3.8) is 0 Å². The van der Waals surface area contributed by atoms with E-state index in [0.29, 0.717) is 24.5 Å². The van der Waals surface area contributed by atoms with Crippen molar-refractivity contribution in [2.24, 2.45) is 5.10 Å². The summed E-state index contributed by atoms with van der Waals surface area (Å²) in [5.41, 5.74) is 2.95. The third kappa shape index (κ3) is 8.16. The van der Waals surface area contributed by atoms with Gasteiger partial charge in [0.2, 0.25) is 20.0 Å². The predicted octanol–water partition coefficient (Wildman–Crippen LogP) is 1.57. The molecule has 244 valence electrons. The van der Waals surface area contributed by atoms with Crippen LogP contribution in [0.15, 0.2) is 99.8 Å². The second-order valence-corrected chi connectivity index (χ2v) is 14.5. The van der Waals surface area contributed by atoms with E-state index in [1.165, 1.54) is 30.5 Å². The molecule has 5 rings (SSSR count). The molecule has 13 nitrogen and oxygen atoms in total. The molecule has 2 atom stereocenters. The zero-order chi connectivity index (χ0) is 32.6. The molecule has 2 heterocycles. The molecule has 2 aliphatic rings. The van der Waals surface area contributed by atoms with Crippen molar-refractivity contribution >= 4 is 38.1 Å². The van der Waals surface area contributed by atoms with Crippen LogP contribution in [0.4, 0.5) is 0 Å². The molecule has 0 radical (unpaired) electrons. The summed E-state index contributed by atoms with van der Waals surface area (Å²) in [5, 5.41) is 6.77. The number of carbonyl (C=O) groups is 2. The predicted molar refractivity (Wildman–Crippen MR) is 169 cm³/mol. The fourth-order valence-electron chi connectivity index (χ4n) is 5.06. The molecule has 2 saturated heterocycles. The van der Waals surface area contributed by atoms with Gasteiger partial charge in [-0.1, -0.05) is 36.4 Å². The number of hydrogen-bond donors (Lipinski definition) is 2. The summed E-state index contributed by atoms with van der Waals surface area (Å²) >= 11 is 0. The van der Waals surface area contributed by atoms with Crippen LogP contribution >= 0.6 is 0 Å². The first-order valence-corrected chi connectivity index (χ1v) is 17.6. The number of hydrazone groups is 1. The van der Waals surface area contributed by atoms with Crippen LogP contribution in [0.5, 0.6) is 5.75 Å². The summed E-state index contributed by atoms with van der Waals surface area (Å²) < 4.78 is 66.9. The van der Waals surface area contributed by atoms with Gasteiger partial charge in [0.1, 0.15) is 11.8 Å². The summed E-state index contributed by atoms with van der Waals surface area (Å²) in [7, 11) is -8.14. The molecule has 2 N–H and O–H groups in total. The quantitative estimate of drug-likeness (QED) is 0.217. The van der Waals surface area contributed by atoms with E-state index in [0.717, 1.165) is 21.5 Å². The van der Waals surface area contributed by atoms with Crippen LogP contribution < -0.4 is 15.5 Å². The van der Waals surface area contributed by atoms with Gasteiger partial charge in [0.05, 0.1) is 22.1 Å². The Morgan fingerprint density at radius 2 is 1.54 bits per heavy atom. The van der Waals surface area contributed by atoms with Gasteiger partial charge in [-0.15, -0.1) is 0 Å². The van der Waals surface area contributed by atoms with Gasteiger partial charge in [-0.05, 0) is 66.9 Å².